The number of nitrogens with one attached hydrogen (secondary N) is 2. The molecule has 0 radical (unpaired) electrons. The lowest BCUT2D eigenvalue weighted by Gasteiger charge is -2.23. The molecule has 1 heterocycles. The minimum Gasteiger partial charge on any atom is -0.354 e. The van der Waals surface area contributed by atoms with E-state index in [0.29, 0.717) is 18.5 Å². The van der Waals surface area contributed by atoms with Gasteiger partial charge in [-0.15, -0.1) is 0 Å². The molecule has 0 aliphatic carbocycles. The highest BCUT2D eigenvalue weighted by atomic mass is 16.1. The van der Waals surface area contributed by atoms with Gasteiger partial charge in [-0.3, -0.25) is 4.79 Å². The summed E-state index contributed by atoms with van der Waals surface area (Å²) in [7, 11) is 0. The van der Waals surface area contributed by atoms with E-state index >= 15 is 0 Å². The fourth-order valence-corrected chi connectivity index (χ4v) is 2.48. The molecule has 1 rings (SSSR count). The standard InChI is InChI=1S/C15H30N2O/c1-12(2)7-8-13(3)17-15(18)10-9-14-6-4-5-11-16-14/h12-14,16H,4-11H2,1-3H3,(H,17,18). The number of piperidine rings is 1. The van der Waals surface area contributed by atoms with Gasteiger partial charge in [0.2, 0.25) is 5.91 Å². The molecule has 0 saturated carbocycles. The van der Waals surface area contributed by atoms with E-state index in [1.54, 1.807) is 0 Å². The van der Waals surface area contributed by atoms with Crippen LogP contribution in [0.5, 0.6) is 0 Å². The van der Waals surface area contributed by atoms with Crippen LogP contribution in [-0.2, 0) is 4.79 Å². The molecule has 0 bridgehead atoms. The number of carbonyl (C=O) groups is 1. The highest BCUT2D eigenvalue weighted by Crippen LogP contribution is 2.12. The van der Waals surface area contributed by atoms with Crippen molar-refractivity contribution in [2.45, 2.75) is 77.8 Å². The lowest BCUT2D eigenvalue weighted by molar-refractivity contribution is -0.122. The molecule has 0 aromatic heterocycles. The molecule has 2 unspecified atom stereocenters. The number of hydrogen-bond donors (Lipinski definition) is 2. The Kier molecular flexibility index (Phi) is 7.33. The highest BCUT2D eigenvalue weighted by molar-refractivity contribution is 5.76. The van der Waals surface area contributed by atoms with Gasteiger partial charge in [0.1, 0.15) is 0 Å². The molecular weight excluding hydrogens is 224 g/mol. The van der Waals surface area contributed by atoms with Crippen LogP contribution in [0.1, 0.15) is 65.7 Å². The quantitative estimate of drug-likeness (QED) is 0.733. The van der Waals surface area contributed by atoms with Crippen molar-refractivity contribution in [2.24, 2.45) is 5.92 Å². The lowest BCUT2D eigenvalue weighted by Crippen LogP contribution is -2.37. The largest absolute Gasteiger partial charge is 0.354 e. The molecule has 18 heavy (non-hydrogen) atoms. The van der Waals surface area contributed by atoms with Gasteiger partial charge in [-0.05, 0) is 51.5 Å². The SMILES string of the molecule is CC(C)CCC(C)NC(=O)CCC1CCCCN1. The normalized spacial score (nSPS) is 21.9. The highest BCUT2D eigenvalue weighted by Gasteiger charge is 2.14. The van der Waals surface area contributed by atoms with E-state index in [0.717, 1.165) is 25.3 Å². The fraction of sp³-hybridized carbons (Fsp3) is 0.933. The number of rotatable bonds is 7. The molecule has 3 nitrogen and oxygen atoms in total. The maximum Gasteiger partial charge on any atom is 0.220 e. The summed E-state index contributed by atoms with van der Waals surface area (Å²) >= 11 is 0. The summed E-state index contributed by atoms with van der Waals surface area (Å²) in [4.78, 5) is 11.8. The van der Waals surface area contributed by atoms with Crippen LogP contribution >= 0.6 is 0 Å². The van der Waals surface area contributed by atoms with Crippen LogP contribution < -0.4 is 10.6 Å². The second-order valence-electron chi connectivity index (χ2n) is 6.13. The summed E-state index contributed by atoms with van der Waals surface area (Å²) in [6.07, 6.45) is 7.76. The van der Waals surface area contributed by atoms with Crippen molar-refractivity contribution in [3.8, 4) is 0 Å². The summed E-state index contributed by atoms with van der Waals surface area (Å²) in [5.74, 6) is 0.939. The first-order valence-electron chi connectivity index (χ1n) is 7.60. The van der Waals surface area contributed by atoms with Gasteiger partial charge in [0.05, 0.1) is 0 Å². The predicted molar refractivity (Wildman–Crippen MR) is 76.6 cm³/mol. The molecule has 3 heteroatoms. The first kappa shape index (κ1) is 15.5. The molecule has 0 aromatic carbocycles. The van der Waals surface area contributed by atoms with Crippen molar-refractivity contribution < 1.29 is 4.79 Å². The average molecular weight is 254 g/mol. The number of amides is 1. The summed E-state index contributed by atoms with van der Waals surface area (Å²) in [5.41, 5.74) is 0. The van der Waals surface area contributed by atoms with Gasteiger partial charge in [0.15, 0.2) is 0 Å². The van der Waals surface area contributed by atoms with E-state index in [2.05, 4.69) is 31.4 Å². The van der Waals surface area contributed by atoms with Gasteiger partial charge in [-0.2, -0.15) is 0 Å². The average Bonchev–Trinajstić information content (AvgIpc) is 2.35. The van der Waals surface area contributed by atoms with E-state index in [1.165, 1.54) is 25.7 Å². The third-order valence-electron chi connectivity index (χ3n) is 3.72. The van der Waals surface area contributed by atoms with Crippen LogP contribution in [0.4, 0.5) is 0 Å². The van der Waals surface area contributed by atoms with Crippen LogP contribution in [0, 0.1) is 5.92 Å². The van der Waals surface area contributed by atoms with Gasteiger partial charge in [-0.1, -0.05) is 20.3 Å². The van der Waals surface area contributed by atoms with Gasteiger partial charge in [0.25, 0.3) is 0 Å². The lowest BCUT2D eigenvalue weighted by atomic mass is 10.00. The number of hydrogen-bond acceptors (Lipinski definition) is 2. The monoisotopic (exact) mass is 254 g/mol. The zero-order chi connectivity index (χ0) is 13.4. The van der Waals surface area contributed by atoms with Crippen molar-refractivity contribution >= 4 is 5.91 Å². The molecule has 1 aliphatic heterocycles. The minimum atomic E-state index is 0.221. The maximum atomic E-state index is 11.8. The van der Waals surface area contributed by atoms with Crippen LogP contribution in [0.3, 0.4) is 0 Å². The third kappa shape index (κ3) is 7.00. The van der Waals surface area contributed by atoms with Crippen LogP contribution in [0.2, 0.25) is 0 Å². The van der Waals surface area contributed by atoms with Crippen molar-refractivity contribution in [1.82, 2.24) is 10.6 Å². The molecule has 1 amide bonds. The molecule has 2 N–H and O–H groups in total. The Hall–Kier alpha value is -0.570. The summed E-state index contributed by atoms with van der Waals surface area (Å²) in [6.45, 7) is 7.68. The number of carbonyl (C=O) groups excluding carboxylic acids is 1. The van der Waals surface area contributed by atoms with Crippen molar-refractivity contribution in [3.05, 3.63) is 0 Å². The Balaban J connectivity index is 2.08. The Bertz CT molecular complexity index is 235. The zero-order valence-corrected chi connectivity index (χ0v) is 12.3. The molecule has 2 atom stereocenters. The third-order valence-corrected chi connectivity index (χ3v) is 3.72. The van der Waals surface area contributed by atoms with Gasteiger partial charge < -0.3 is 10.6 Å². The Morgan fingerprint density at radius 1 is 1.28 bits per heavy atom. The molecule has 0 aromatic rings. The van der Waals surface area contributed by atoms with E-state index in [1.807, 2.05) is 0 Å². The molecular formula is C15H30N2O. The smallest absolute Gasteiger partial charge is 0.220 e. The van der Waals surface area contributed by atoms with Crippen LogP contribution in [0.25, 0.3) is 0 Å². The van der Waals surface area contributed by atoms with E-state index in [-0.39, 0.29) is 5.91 Å². The summed E-state index contributed by atoms with van der Waals surface area (Å²) < 4.78 is 0. The summed E-state index contributed by atoms with van der Waals surface area (Å²) in [5, 5.41) is 6.60. The Morgan fingerprint density at radius 3 is 2.67 bits per heavy atom. The molecule has 0 spiro atoms. The maximum absolute atomic E-state index is 11.8. The molecule has 106 valence electrons. The van der Waals surface area contributed by atoms with Crippen molar-refractivity contribution in [2.75, 3.05) is 6.54 Å². The molecule has 1 saturated heterocycles. The first-order chi connectivity index (χ1) is 8.58. The van der Waals surface area contributed by atoms with Crippen LogP contribution in [-0.4, -0.2) is 24.5 Å². The predicted octanol–water partition coefficient (Wildman–Crippen LogP) is 2.85. The van der Waals surface area contributed by atoms with Crippen LogP contribution in [0.15, 0.2) is 0 Å². The van der Waals surface area contributed by atoms with E-state index in [4.69, 9.17) is 0 Å². The Labute approximate surface area is 112 Å². The first-order valence-corrected chi connectivity index (χ1v) is 7.60. The van der Waals surface area contributed by atoms with E-state index in [9.17, 15) is 4.79 Å². The van der Waals surface area contributed by atoms with Gasteiger partial charge in [0, 0.05) is 18.5 Å². The summed E-state index contributed by atoms with van der Waals surface area (Å²) in [6, 6.07) is 0.884. The van der Waals surface area contributed by atoms with Crippen molar-refractivity contribution in [1.29, 1.82) is 0 Å². The molecule has 1 fully saturated rings. The van der Waals surface area contributed by atoms with E-state index < -0.39 is 0 Å². The fourth-order valence-electron chi connectivity index (χ4n) is 2.48. The zero-order valence-electron chi connectivity index (χ0n) is 12.3. The Morgan fingerprint density at radius 2 is 2.06 bits per heavy atom. The van der Waals surface area contributed by atoms with Gasteiger partial charge in [-0.25, -0.2) is 0 Å². The van der Waals surface area contributed by atoms with Gasteiger partial charge >= 0.3 is 0 Å². The second-order valence-corrected chi connectivity index (χ2v) is 6.13. The minimum absolute atomic E-state index is 0.221. The van der Waals surface area contributed by atoms with Crippen molar-refractivity contribution in [3.63, 3.8) is 0 Å². The topological polar surface area (TPSA) is 41.1 Å². The second kappa shape index (κ2) is 8.52. The molecule has 1 aliphatic rings.